The summed E-state index contributed by atoms with van der Waals surface area (Å²) in [5, 5.41) is 18.6. The minimum absolute atomic E-state index is 0.0478. The van der Waals surface area contributed by atoms with E-state index in [0.717, 1.165) is 44.8 Å². The lowest BCUT2D eigenvalue weighted by molar-refractivity contribution is 0.0694. The standard InChI is InChI=1S/C14H20N2O3.C2H6/c1-2-5-15-6-8-16(9-7-15)11-3-4-12(14(18)19)13(17)10-11;1-2/h3-4,10,17H,2,5-9H2,1H3,(H,18,19);1-2H3. The molecule has 5 heteroatoms. The first-order chi connectivity index (χ1) is 10.1. The molecule has 21 heavy (non-hydrogen) atoms. The maximum Gasteiger partial charge on any atom is 0.339 e. The summed E-state index contributed by atoms with van der Waals surface area (Å²) in [7, 11) is 0. The Morgan fingerprint density at radius 1 is 1.19 bits per heavy atom. The highest BCUT2D eigenvalue weighted by molar-refractivity contribution is 5.91. The van der Waals surface area contributed by atoms with Crippen LogP contribution in [0.3, 0.4) is 0 Å². The number of aromatic hydroxyl groups is 1. The van der Waals surface area contributed by atoms with Crippen LogP contribution in [-0.4, -0.2) is 53.8 Å². The lowest BCUT2D eigenvalue weighted by Crippen LogP contribution is -2.46. The molecule has 0 aliphatic carbocycles. The van der Waals surface area contributed by atoms with Gasteiger partial charge in [-0.3, -0.25) is 4.90 Å². The van der Waals surface area contributed by atoms with E-state index >= 15 is 0 Å². The number of phenols is 1. The van der Waals surface area contributed by atoms with Crippen LogP contribution in [0.5, 0.6) is 5.75 Å². The first kappa shape index (κ1) is 17.3. The van der Waals surface area contributed by atoms with E-state index in [1.165, 1.54) is 6.07 Å². The predicted octanol–water partition coefficient (Wildman–Crippen LogP) is 2.65. The summed E-state index contributed by atoms with van der Waals surface area (Å²) in [6.07, 6.45) is 1.16. The van der Waals surface area contributed by atoms with E-state index in [-0.39, 0.29) is 11.3 Å². The summed E-state index contributed by atoms with van der Waals surface area (Å²) in [4.78, 5) is 15.4. The predicted molar refractivity (Wildman–Crippen MR) is 85.4 cm³/mol. The van der Waals surface area contributed by atoms with E-state index in [2.05, 4.69) is 16.7 Å². The first-order valence-electron chi connectivity index (χ1n) is 7.65. The summed E-state index contributed by atoms with van der Waals surface area (Å²) in [6.45, 7) is 11.1. The summed E-state index contributed by atoms with van der Waals surface area (Å²) in [5.41, 5.74) is 0.840. The SMILES string of the molecule is CC.CCCN1CCN(c2ccc(C(=O)O)c(O)c2)CC1. The van der Waals surface area contributed by atoms with Crippen LogP contribution in [0.1, 0.15) is 37.6 Å². The van der Waals surface area contributed by atoms with Crippen molar-refractivity contribution in [3.8, 4) is 5.75 Å². The highest BCUT2D eigenvalue weighted by Gasteiger charge is 2.18. The largest absolute Gasteiger partial charge is 0.507 e. The average molecular weight is 294 g/mol. The highest BCUT2D eigenvalue weighted by Crippen LogP contribution is 2.25. The number of rotatable bonds is 4. The monoisotopic (exact) mass is 294 g/mol. The second-order valence-corrected chi connectivity index (χ2v) is 4.84. The van der Waals surface area contributed by atoms with Crippen molar-refractivity contribution in [3.63, 3.8) is 0 Å². The Morgan fingerprint density at radius 2 is 1.81 bits per heavy atom. The summed E-state index contributed by atoms with van der Waals surface area (Å²) < 4.78 is 0. The molecule has 1 aliphatic rings. The number of benzene rings is 1. The molecule has 0 aromatic heterocycles. The van der Waals surface area contributed by atoms with Crippen LogP contribution >= 0.6 is 0 Å². The third-order valence-corrected chi connectivity index (χ3v) is 3.49. The van der Waals surface area contributed by atoms with Gasteiger partial charge in [-0.25, -0.2) is 4.79 Å². The Kier molecular flexibility index (Phi) is 7.02. The number of carboxylic acids is 1. The lowest BCUT2D eigenvalue weighted by atomic mass is 10.1. The van der Waals surface area contributed by atoms with E-state index in [0.29, 0.717) is 0 Å². The van der Waals surface area contributed by atoms with E-state index in [4.69, 9.17) is 5.11 Å². The molecule has 1 fully saturated rings. The molecule has 0 spiro atoms. The lowest BCUT2D eigenvalue weighted by Gasteiger charge is -2.36. The third kappa shape index (κ3) is 4.63. The van der Waals surface area contributed by atoms with Crippen molar-refractivity contribution in [2.75, 3.05) is 37.6 Å². The molecule has 1 aliphatic heterocycles. The molecule has 1 aromatic carbocycles. The van der Waals surface area contributed by atoms with Crippen LogP contribution in [-0.2, 0) is 0 Å². The van der Waals surface area contributed by atoms with E-state index in [1.807, 2.05) is 13.8 Å². The van der Waals surface area contributed by atoms with Gasteiger partial charge < -0.3 is 15.1 Å². The van der Waals surface area contributed by atoms with Crippen molar-refractivity contribution in [1.82, 2.24) is 4.90 Å². The number of nitrogens with zero attached hydrogens (tertiary/aromatic N) is 2. The smallest absolute Gasteiger partial charge is 0.339 e. The summed E-state index contributed by atoms with van der Waals surface area (Å²) in [6, 6.07) is 4.77. The fourth-order valence-corrected chi connectivity index (χ4v) is 2.44. The summed E-state index contributed by atoms with van der Waals surface area (Å²) >= 11 is 0. The molecular formula is C16H26N2O3. The minimum Gasteiger partial charge on any atom is -0.507 e. The van der Waals surface area contributed by atoms with Crippen LogP contribution < -0.4 is 4.90 Å². The van der Waals surface area contributed by atoms with Gasteiger partial charge in [-0.05, 0) is 25.1 Å². The minimum atomic E-state index is -1.10. The topological polar surface area (TPSA) is 64.0 Å². The molecule has 5 nitrogen and oxygen atoms in total. The number of hydrogen-bond acceptors (Lipinski definition) is 4. The molecule has 1 heterocycles. The van der Waals surface area contributed by atoms with Gasteiger partial charge in [0.15, 0.2) is 0 Å². The number of carbonyl (C=O) groups is 1. The zero-order chi connectivity index (χ0) is 15.8. The maximum atomic E-state index is 10.8. The van der Waals surface area contributed by atoms with Gasteiger partial charge in [0.2, 0.25) is 0 Å². The van der Waals surface area contributed by atoms with Crippen molar-refractivity contribution in [3.05, 3.63) is 23.8 Å². The quantitative estimate of drug-likeness (QED) is 0.894. The fraction of sp³-hybridized carbons (Fsp3) is 0.562. The van der Waals surface area contributed by atoms with Crippen molar-refractivity contribution >= 4 is 11.7 Å². The van der Waals surface area contributed by atoms with Gasteiger partial charge in [-0.15, -0.1) is 0 Å². The Labute approximate surface area is 126 Å². The van der Waals surface area contributed by atoms with Crippen molar-refractivity contribution in [1.29, 1.82) is 0 Å². The molecule has 118 valence electrons. The molecule has 0 bridgehead atoms. The molecule has 0 amide bonds. The highest BCUT2D eigenvalue weighted by atomic mass is 16.4. The Hall–Kier alpha value is -1.75. The molecule has 2 rings (SSSR count). The second kappa shape index (κ2) is 8.52. The van der Waals surface area contributed by atoms with E-state index < -0.39 is 5.97 Å². The number of anilines is 1. The second-order valence-electron chi connectivity index (χ2n) is 4.84. The van der Waals surface area contributed by atoms with Crippen molar-refractivity contribution in [2.45, 2.75) is 27.2 Å². The van der Waals surface area contributed by atoms with Crippen LogP contribution in [0.15, 0.2) is 18.2 Å². The third-order valence-electron chi connectivity index (χ3n) is 3.49. The van der Waals surface area contributed by atoms with Gasteiger partial charge in [0.25, 0.3) is 0 Å². The molecule has 1 saturated heterocycles. The average Bonchev–Trinajstić information content (AvgIpc) is 2.50. The van der Waals surface area contributed by atoms with E-state index in [9.17, 15) is 9.90 Å². The Bertz CT molecular complexity index is 455. The van der Waals surface area contributed by atoms with Gasteiger partial charge in [-0.1, -0.05) is 20.8 Å². The molecule has 0 unspecified atom stereocenters. The fourth-order valence-electron chi connectivity index (χ4n) is 2.44. The molecule has 1 aromatic rings. The number of aromatic carboxylic acids is 1. The van der Waals surface area contributed by atoms with Crippen LogP contribution in [0.25, 0.3) is 0 Å². The normalized spacial score (nSPS) is 15.3. The first-order valence-corrected chi connectivity index (χ1v) is 7.65. The number of carboxylic acid groups (broad SMARTS) is 1. The van der Waals surface area contributed by atoms with Gasteiger partial charge in [0.1, 0.15) is 11.3 Å². The van der Waals surface area contributed by atoms with E-state index in [1.54, 1.807) is 12.1 Å². The number of piperazine rings is 1. The zero-order valence-electron chi connectivity index (χ0n) is 13.2. The van der Waals surface area contributed by atoms with Gasteiger partial charge >= 0.3 is 5.97 Å². The van der Waals surface area contributed by atoms with Crippen LogP contribution in [0.4, 0.5) is 5.69 Å². The van der Waals surface area contributed by atoms with Crippen molar-refractivity contribution in [2.24, 2.45) is 0 Å². The zero-order valence-corrected chi connectivity index (χ0v) is 13.2. The molecule has 2 N–H and O–H groups in total. The Morgan fingerprint density at radius 3 is 2.29 bits per heavy atom. The maximum absolute atomic E-state index is 10.8. The molecule has 0 atom stereocenters. The molecule has 0 saturated carbocycles. The summed E-state index contributed by atoms with van der Waals surface area (Å²) in [5.74, 6) is -1.27. The molecule has 0 radical (unpaired) electrons. The van der Waals surface area contributed by atoms with Gasteiger partial charge in [-0.2, -0.15) is 0 Å². The van der Waals surface area contributed by atoms with Crippen molar-refractivity contribution < 1.29 is 15.0 Å². The van der Waals surface area contributed by atoms with Crippen LogP contribution in [0, 0.1) is 0 Å². The van der Waals surface area contributed by atoms with Crippen LogP contribution in [0.2, 0.25) is 0 Å². The Balaban J connectivity index is 0.00000106. The van der Waals surface area contributed by atoms with Gasteiger partial charge in [0.05, 0.1) is 0 Å². The van der Waals surface area contributed by atoms with Gasteiger partial charge in [0, 0.05) is 37.9 Å². The number of hydrogen-bond donors (Lipinski definition) is 2. The molecular weight excluding hydrogens is 268 g/mol.